The van der Waals surface area contributed by atoms with E-state index in [1.165, 1.54) is 0 Å². The molecule has 8 nitrogen and oxygen atoms in total. The van der Waals surface area contributed by atoms with Gasteiger partial charge in [-0.05, 0) is 24.3 Å². The average Bonchev–Trinajstić information content (AvgIpc) is 2.82. The van der Waals surface area contributed by atoms with E-state index in [0.717, 1.165) is 101 Å². The maximum Gasteiger partial charge on any atom is 0.0890 e. The van der Waals surface area contributed by atoms with Crippen LogP contribution < -0.4 is 0 Å². The normalized spacial score (nSPS) is 19.4. The Bertz CT molecular complexity index is 765. The Kier molecular flexibility index (Phi) is 8.55. The van der Waals surface area contributed by atoms with E-state index in [2.05, 4.69) is 43.9 Å². The van der Waals surface area contributed by atoms with E-state index < -0.39 is 0 Å². The van der Waals surface area contributed by atoms with Crippen molar-refractivity contribution in [1.82, 2.24) is 29.6 Å². The molecule has 0 saturated carbocycles. The maximum absolute atomic E-state index is 9.12. The molecule has 0 aromatic carbocycles. The van der Waals surface area contributed by atoms with Crippen LogP contribution in [0.15, 0.2) is 36.4 Å². The number of aliphatic hydroxyl groups excluding tert-OH is 2. The van der Waals surface area contributed by atoms with Gasteiger partial charge in [0.1, 0.15) is 0 Å². The van der Waals surface area contributed by atoms with E-state index in [4.69, 9.17) is 20.2 Å². The Balaban J connectivity index is 1.34. The molecular formula is C24H36N6O2. The fourth-order valence-electron chi connectivity index (χ4n) is 4.50. The van der Waals surface area contributed by atoms with Gasteiger partial charge in [-0.2, -0.15) is 0 Å². The number of piperazine rings is 2. The van der Waals surface area contributed by atoms with Crippen LogP contribution in [0.5, 0.6) is 0 Å². The molecule has 32 heavy (non-hydrogen) atoms. The predicted molar refractivity (Wildman–Crippen MR) is 125 cm³/mol. The largest absolute Gasteiger partial charge is 0.395 e. The summed E-state index contributed by atoms with van der Waals surface area (Å²) in [4.78, 5) is 19.3. The Morgan fingerprint density at radius 3 is 1.31 bits per heavy atom. The van der Waals surface area contributed by atoms with Crippen molar-refractivity contribution in [3.05, 3.63) is 47.8 Å². The third kappa shape index (κ3) is 6.54. The van der Waals surface area contributed by atoms with Crippen LogP contribution in [0.2, 0.25) is 0 Å². The van der Waals surface area contributed by atoms with Crippen molar-refractivity contribution in [1.29, 1.82) is 0 Å². The first kappa shape index (κ1) is 23.2. The lowest BCUT2D eigenvalue weighted by Gasteiger charge is -2.34. The van der Waals surface area contributed by atoms with Crippen molar-refractivity contribution in [2.45, 2.75) is 13.1 Å². The third-order valence-corrected chi connectivity index (χ3v) is 6.41. The zero-order valence-corrected chi connectivity index (χ0v) is 18.9. The van der Waals surface area contributed by atoms with Crippen LogP contribution in [0, 0.1) is 0 Å². The maximum atomic E-state index is 9.12. The van der Waals surface area contributed by atoms with E-state index in [0.29, 0.717) is 0 Å². The molecule has 2 aliphatic rings. The molecule has 0 bridgehead atoms. The highest BCUT2D eigenvalue weighted by atomic mass is 16.3. The molecule has 8 heteroatoms. The molecule has 4 rings (SSSR count). The molecule has 0 spiro atoms. The predicted octanol–water partition coefficient (Wildman–Crippen LogP) is 0.363. The summed E-state index contributed by atoms with van der Waals surface area (Å²) < 4.78 is 0. The van der Waals surface area contributed by atoms with Crippen molar-refractivity contribution in [3.8, 4) is 11.4 Å². The monoisotopic (exact) mass is 440 g/mol. The third-order valence-electron chi connectivity index (χ3n) is 6.41. The van der Waals surface area contributed by atoms with Crippen molar-refractivity contribution in [2.75, 3.05) is 78.7 Å². The van der Waals surface area contributed by atoms with Crippen LogP contribution in [0.4, 0.5) is 0 Å². The molecule has 0 atom stereocenters. The number of nitrogens with zero attached hydrogens (tertiary/aromatic N) is 6. The van der Waals surface area contributed by atoms with Gasteiger partial charge in [0.2, 0.25) is 0 Å². The molecule has 2 N–H and O–H groups in total. The first-order valence-electron chi connectivity index (χ1n) is 11.8. The average molecular weight is 441 g/mol. The van der Waals surface area contributed by atoms with Crippen LogP contribution in [0.1, 0.15) is 11.4 Å². The van der Waals surface area contributed by atoms with Gasteiger partial charge in [-0.3, -0.25) is 19.6 Å². The Morgan fingerprint density at radius 2 is 0.938 bits per heavy atom. The van der Waals surface area contributed by atoms with Gasteiger partial charge in [0, 0.05) is 78.5 Å². The van der Waals surface area contributed by atoms with Gasteiger partial charge in [-0.15, -0.1) is 0 Å². The highest BCUT2D eigenvalue weighted by Gasteiger charge is 2.18. The molecule has 0 amide bonds. The Labute approximate surface area is 191 Å². The van der Waals surface area contributed by atoms with Crippen LogP contribution in [-0.4, -0.2) is 118 Å². The van der Waals surface area contributed by atoms with Crippen LogP contribution in [0.25, 0.3) is 11.4 Å². The van der Waals surface area contributed by atoms with Gasteiger partial charge in [0.25, 0.3) is 0 Å². The number of β-amino-alcohol motifs (C(OH)–C–C–N with tert-alkyl or cyclic N) is 2. The molecule has 174 valence electrons. The summed E-state index contributed by atoms with van der Waals surface area (Å²) in [6.07, 6.45) is 0. The molecule has 0 unspecified atom stereocenters. The molecule has 2 fully saturated rings. The second-order valence-corrected chi connectivity index (χ2v) is 8.71. The number of hydrogen-bond acceptors (Lipinski definition) is 8. The van der Waals surface area contributed by atoms with E-state index in [9.17, 15) is 0 Å². The molecule has 2 aromatic rings. The van der Waals surface area contributed by atoms with Gasteiger partial charge in [0.05, 0.1) is 36.0 Å². The van der Waals surface area contributed by atoms with Crippen LogP contribution in [-0.2, 0) is 13.1 Å². The Hall–Kier alpha value is -1.94. The molecule has 2 saturated heterocycles. The van der Waals surface area contributed by atoms with Crippen LogP contribution >= 0.6 is 0 Å². The lowest BCUT2D eigenvalue weighted by atomic mass is 10.2. The summed E-state index contributed by atoms with van der Waals surface area (Å²) in [7, 11) is 0. The van der Waals surface area contributed by atoms with Gasteiger partial charge < -0.3 is 10.2 Å². The number of pyridine rings is 2. The first-order valence-corrected chi connectivity index (χ1v) is 11.8. The molecule has 0 aliphatic carbocycles. The number of rotatable bonds is 9. The summed E-state index contributed by atoms with van der Waals surface area (Å²) in [6.45, 7) is 11.7. The molecule has 2 aromatic heterocycles. The van der Waals surface area contributed by atoms with Crippen molar-refractivity contribution < 1.29 is 10.2 Å². The van der Waals surface area contributed by atoms with Crippen molar-refractivity contribution >= 4 is 0 Å². The molecule has 0 radical (unpaired) electrons. The fourth-order valence-corrected chi connectivity index (χ4v) is 4.50. The van der Waals surface area contributed by atoms with Crippen LogP contribution in [0.3, 0.4) is 0 Å². The fraction of sp³-hybridized carbons (Fsp3) is 0.583. The Morgan fingerprint density at radius 1 is 0.562 bits per heavy atom. The lowest BCUT2D eigenvalue weighted by Crippen LogP contribution is -2.46. The number of aliphatic hydroxyl groups is 2. The molecule has 2 aliphatic heterocycles. The second-order valence-electron chi connectivity index (χ2n) is 8.71. The van der Waals surface area contributed by atoms with Gasteiger partial charge in [-0.25, -0.2) is 9.97 Å². The summed E-state index contributed by atoms with van der Waals surface area (Å²) in [5, 5.41) is 18.2. The van der Waals surface area contributed by atoms with E-state index >= 15 is 0 Å². The molecular weight excluding hydrogens is 404 g/mol. The number of hydrogen-bond donors (Lipinski definition) is 2. The highest BCUT2D eigenvalue weighted by molar-refractivity contribution is 5.54. The second kappa shape index (κ2) is 11.8. The van der Waals surface area contributed by atoms with Gasteiger partial charge >= 0.3 is 0 Å². The minimum Gasteiger partial charge on any atom is -0.395 e. The van der Waals surface area contributed by atoms with Gasteiger partial charge in [-0.1, -0.05) is 12.1 Å². The summed E-state index contributed by atoms with van der Waals surface area (Å²) >= 11 is 0. The minimum atomic E-state index is 0.232. The van der Waals surface area contributed by atoms with Gasteiger partial charge in [0.15, 0.2) is 0 Å². The van der Waals surface area contributed by atoms with E-state index in [1.807, 2.05) is 12.1 Å². The number of aromatic nitrogens is 2. The summed E-state index contributed by atoms with van der Waals surface area (Å²) in [5.41, 5.74) is 4.00. The van der Waals surface area contributed by atoms with E-state index in [1.54, 1.807) is 0 Å². The topological polar surface area (TPSA) is 79.2 Å². The SMILES string of the molecule is OCCN1CCN(Cc2cccc(-c3cccc(CN4CCN(CCO)CC4)n3)n2)CC1. The summed E-state index contributed by atoms with van der Waals surface area (Å²) in [5.74, 6) is 0. The summed E-state index contributed by atoms with van der Waals surface area (Å²) in [6, 6.07) is 12.4. The van der Waals surface area contributed by atoms with E-state index in [-0.39, 0.29) is 13.2 Å². The lowest BCUT2D eigenvalue weighted by molar-refractivity contribution is 0.107. The minimum absolute atomic E-state index is 0.232. The first-order chi connectivity index (χ1) is 15.7. The highest BCUT2D eigenvalue weighted by Crippen LogP contribution is 2.18. The molecule has 4 heterocycles. The zero-order chi connectivity index (χ0) is 22.2. The standard InChI is InChI=1S/C24H36N6O2/c31-17-15-27-7-11-29(12-8-27)19-21-3-1-5-23(25-21)24-6-2-4-22(26-24)20-30-13-9-28(10-14-30)16-18-32/h1-6,31-32H,7-20H2. The van der Waals surface area contributed by atoms with Crippen molar-refractivity contribution in [2.24, 2.45) is 0 Å². The quantitative estimate of drug-likeness (QED) is 0.579. The van der Waals surface area contributed by atoms with Crippen molar-refractivity contribution in [3.63, 3.8) is 0 Å². The smallest absolute Gasteiger partial charge is 0.0890 e. The zero-order valence-electron chi connectivity index (χ0n) is 18.9.